The zero-order chi connectivity index (χ0) is 14.8. The number of nitrogens with zero attached hydrogens (tertiary/aromatic N) is 1. The van der Waals surface area contributed by atoms with Crippen LogP contribution in [0.2, 0.25) is 0 Å². The summed E-state index contributed by atoms with van der Waals surface area (Å²) in [4.78, 5) is 36.4. The molecular formula is C14H21NO5. The molecule has 1 aliphatic heterocycles. The molecule has 1 amide bonds. The van der Waals surface area contributed by atoms with Gasteiger partial charge in [-0.2, -0.15) is 0 Å². The van der Waals surface area contributed by atoms with Gasteiger partial charge in [-0.15, -0.1) is 0 Å². The van der Waals surface area contributed by atoms with Crippen LogP contribution in [0.15, 0.2) is 0 Å². The van der Waals surface area contributed by atoms with Crippen molar-refractivity contribution in [1.29, 1.82) is 0 Å². The van der Waals surface area contributed by atoms with Crippen molar-refractivity contribution in [3.63, 3.8) is 0 Å². The van der Waals surface area contributed by atoms with E-state index in [4.69, 9.17) is 10.2 Å². The zero-order valence-corrected chi connectivity index (χ0v) is 11.5. The monoisotopic (exact) mass is 283 g/mol. The molecule has 0 bridgehead atoms. The minimum atomic E-state index is -1.72. The van der Waals surface area contributed by atoms with Crippen LogP contribution in [0.3, 0.4) is 0 Å². The lowest BCUT2D eigenvalue weighted by Crippen LogP contribution is -2.51. The van der Waals surface area contributed by atoms with Crippen molar-refractivity contribution in [2.45, 2.75) is 44.9 Å². The molecule has 2 rings (SSSR count). The second-order valence-electron chi connectivity index (χ2n) is 5.85. The molecule has 2 aliphatic rings. The molecule has 0 aromatic rings. The van der Waals surface area contributed by atoms with E-state index in [1.165, 1.54) is 6.42 Å². The van der Waals surface area contributed by atoms with E-state index in [2.05, 4.69) is 0 Å². The van der Waals surface area contributed by atoms with Gasteiger partial charge in [0.15, 0.2) is 5.41 Å². The first-order valence-electron chi connectivity index (χ1n) is 7.23. The van der Waals surface area contributed by atoms with E-state index in [1.807, 2.05) is 0 Å². The number of aliphatic carboxylic acids is 2. The Kier molecular flexibility index (Phi) is 4.30. The summed E-state index contributed by atoms with van der Waals surface area (Å²) in [7, 11) is 0. The summed E-state index contributed by atoms with van der Waals surface area (Å²) in [6.07, 6.45) is 5.10. The summed E-state index contributed by atoms with van der Waals surface area (Å²) in [6.45, 7) is 0.460. The molecule has 0 atom stereocenters. The second-order valence-corrected chi connectivity index (χ2v) is 5.85. The molecule has 0 aromatic heterocycles. The summed E-state index contributed by atoms with van der Waals surface area (Å²) in [5.41, 5.74) is -1.72. The maximum Gasteiger partial charge on any atom is 0.321 e. The van der Waals surface area contributed by atoms with E-state index in [1.54, 1.807) is 4.90 Å². The number of carbonyl (C=O) groups is 3. The van der Waals surface area contributed by atoms with Gasteiger partial charge in [-0.25, -0.2) is 0 Å². The Hall–Kier alpha value is -1.59. The third-order valence-corrected chi connectivity index (χ3v) is 4.70. The number of hydrogen-bond acceptors (Lipinski definition) is 3. The van der Waals surface area contributed by atoms with Crippen LogP contribution in [0.5, 0.6) is 0 Å². The van der Waals surface area contributed by atoms with E-state index in [0.717, 1.165) is 25.7 Å². The lowest BCUT2D eigenvalue weighted by atomic mass is 9.78. The largest absolute Gasteiger partial charge is 0.480 e. The van der Waals surface area contributed by atoms with Gasteiger partial charge in [0.25, 0.3) is 0 Å². The molecule has 1 saturated heterocycles. The average Bonchev–Trinajstić information content (AvgIpc) is 2.47. The van der Waals surface area contributed by atoms with E-state index in [-0.39, 0.29) is 37.8 Å². The summed E-state index contributed by atoms with van der Waals surface area (Å²) in [5.74, 6) is -2.47. The molecule has 2 N–H and O–H groups in total. The van der Waals surface area contributed by atoms with Gasteiger partial charge >= 0.3 is 11.9 Å². The normalized spacial score (nSPS) is 23.3. The molecule has 2 fully saturated rings. The van der Waals surface area contributed by atoms with Crippen LogP contribution in [-0.2, 0) is 14.4 Å². The highest BCUT2D eigenvalue weighted by Gasteiger charge is 2.49. The molecule has 0 radical (unpaired) electrons. The van der Waals surface area contributed by atoms with Gasteiger partial charge in [-0.1, -0.05) is 19.3 Å². The minimum absolute atomic E-state index is 0.00384. The lowest BCUT2D eigenvalue weighted by molar-refractivity contribution is -0.170. The molecule has 20 heavy (non-hydrogen) atoms. The van der Waals surface area contributed by atoms with Gasteiger partial charge in [0.2, 0.25) is 5.91 Å². The Balaban J connectivity index is 1.98. The fourth-order valence-corrected chi connectivity index (χ4v) is 3.24. The fourth-order valence-electron chi connectivity index (χ4n) is 3.24. The SMILES string of the molecule is O=C(C1CCCCC1)N1CCC(C(=O)O)(C(=O)O)CC1. The van der Waals surface area contributed by atoms with E-state index in [0.29, 0.717) is 0 Å². The van der Waals surface area contributed by atoms with Crippen molar-refractivity contribution < 1.29 is 24.6 Å². The number of carboxylic acids is 2. The third-order valence-electron chi connectivity index (χ3n) is 4.70. The molecule has 112 valence electrons. The van der Waals surface area contributed by atoms with Gasteiger partial charge in [-0.05, 0) is 25.7 Å². The molecule has 1 heterocycles. The van der Waals surface area contributed by atoms with E-state index < -0.39 is 17.4 Å². The van der Waals surface area contributed by atoms with Crippen LogP contribution < -0.4 is 0 Å². The van der Waals surface area contributed by atoms with E-state index >= 15 is 0 Å². The molecule has 1 saturated carbocycles. The van der Waals surface area contributed by atoms with Gasteiger partial charge in [-0.3, -0.25) is 14.4 Å². The Bertz CT molecular complexity index is 390. The Morgan fingerprint density at radius 3 is 1.85 bits per heavy atom. The number of carboxylic acid groups (broad SMARTS) is 2. The summed E-state index contributed by atoms with van der Waals surface area (Å²) in [5, 5.41) is 18.3. The highest BCUT2D eigenvalue weighted by molar-refractivity contribution is 5.98. The van der Waals surface area contributed by atoms with Gasteiger partial charge in [0.1, 0.15) is 0 Å². The highest BCUT2D eigenvalue weighted by atomic mass is 16.4. The molecule has 6 nitrogen and oxygen atoms in total. The quantitative estimate of drug-likeness (QED) is 0.762. The van der Waals surface area contributed by atoms with Gasteiger partial charge < -0.3 is 15.1 Å². The zero-order valence-electron chi connectivity index (χ0n) is 11.5. The topological polar surface area (TPSA) is 94.9 Å². The predicted octanol–water partition coefficient (Wildman–Crippen LogP) is 1.34. The molecule has 1 aliphatic carbocycles. The van der Waals surface area contributed by atoms with Crippen molar-refractivity contribution in [2.75, 3.05) is 13.1 Å². The first kappa shape index (κ1) is 14.8. The number of amides is 1. The number of carbonyl (C=O) groups excluding carboxylic acids is 1. The standard InChI is InChI=1S/C14H21NO5/c16-11(10-4-2-1-3-5-10)15-8-6-14(7-9-15,12(17)18)13(19)20/h10H,1-9H2,(H,17,18)(H,19,20). The molecule has 6 heteroatoms. The minimum Gasteiger partial charge on any atom is -0.480 e. The van der Waals surface area contributed by atoms with Crippen molar-refractivity contribution in [3.05, 3.63) is 0 Å². The maximum atomic E-state index is 12.3. The molecular weight excluding hydrogens is 262 g/mol. The number of likely N-dealkylation sites (tertiary alicyclic amines) is 1. The Morgan fingerprint density at radius 1 is 0.900 bits per heavy atom. The van der Waals surface area contributed by atoms with Crippen LogP contribution >= 0.6 is 0 Å². The van der Waals surface area contributed by atoms with Crippen molar-refractivity contribution in [1.82, 2.24) is 4.90 Å². The van der Waals surface area contributed by atoms with Gasteiger partial charge in [0.05, 0.1) is 0 Å². The molecule has 0 aromatic carbocycles. The number of rotatable bonds is 3. The number of piperidine rings is 1. The van der Waals surface area contributed by atoms with Crippen LogP contribution in [0.1, 0.15) is 44.9 Å². The van der Waals surface area contributed by atoms with Crippen LogP contribution in [0.4, 0.5) is 0 Å². The lowest BCUT2D eigenvalue weighted by Gasteiger charge is -2.38. The Labute approximate surface area is 117 Å². The van der Waals surface area contributed by atoms with Gasteiger partial charge in [0, 0.05) is 19.0 Å². The van der Waals surface area contributed by atoms with Crippen LogP contribution in [0.25, 0.3) is 0 Å². The Morgan fingerprint density at radius 2 is 1.40 bits per heavy atom. The first-order chi connectivity index (χ1) is 9.47. The maximum absolute atomic E-state index is 12.3. The third kappa shape index (κ3) is 2.64. The second kappa shape index (κ2) is 5.81. The summed E-state index contributed by atoms with van der Waals surface area (Å²) >= 11 is 0. The smallest absolute Gasteiger partial charge is 0.321 e. The molecule has 0 unspecified atom stereocenters. The van der Waals surface area contributed by atoms with Crippen molar-refractivity contribution in [3.8, 4) is 0 Å². The van der Waals surface area contributed by atoms with Crippen molar-refractivity contribution >= 4 is 17.8 Å². The average molecular weight is 283 g/mol. The first-order valence-corrected chi connectivity index (χ1v) is 7.23. The summed E-state index contributed by atoms with van der Waals surface area (Å²) in [6, 6.07) is 0. The summed E-state index contributed by atoms with van der Waals surface area (Å²) < 4.78 is 0. The fraction of sp³-hybridized carbons (Fsp3) is 0.786. The molecule has 0 spiro atoms. The predicted molar refractivity (Wildman–Crippen MR) is 70.1 cm³/mol. The van der Waals surface area contributed by atoms with E-state index in [9.17, 15) is 14.4 Å². The highest BCUT2D eigenvalue weighted by Crippen LogP contribution is 2.34. The number of hydrogen-bond donors (Lipinski definition) is 2. The van der Waals surface area contributed by atoms with Crippen LogP contribution in [0, 0.1) is 11.3 Å². The van der Waals surface area contributed by atoms with Crippen molar-refractivity contribution in [2.24, 2.45) is 11.3 Å². The van der Waals surface area contributed by atoms with Crippen LogP contribution in [-0.4, -0.2) is 46.0 Å².